The zero-order valence-corrected chi connectivity index (χ0v) is 21.1. The molecule has 34 heavy (non-hydrogen) atoms. The van der Waals surface area contributed by atoms with Gasteiger partial charge < -0.3 is 25.6 Å². The molecule has 3 amide bonds. The van der Waals surface area contributed by atoms with Crippen LogP contribution in [0.3, 0.4) is 0 Å². The number of rotatable bonds is 8. The van der Waals surface area contributed by atoms with E-state index in [-0.39, 0.29) is 17.7 Å². The summed E-state index contributed by atoms with van der Waals surface area (Å²) in [7, 11) is 0. The largest absolute Gasteiger partial charge is 0.444 e. The van der Waals surface area contributed by atoms with E-state index >= 15 is 0 Å². The van der Waals surface area contributed by atoms with Crippen LogP contribution in [-0.2, 0) is 27.2 Å². The predicted molar refractivity (Wildman–Crippen MR) is 131 cm³/mol. The minimum absolute atomic E-state index is 0.0353. The Morgan fingerprint density at radius 1 is 1.18 bits per heavy atom. The van der Waals surface area contributed by atoms with Crippen molar-refractivity contribution in [2.45, 2.75) is 64.9 Å². The SMILES string of the molecule is CC(C)(C)OC(=O)NCCNC(=O)C1CCCN(CCC(=O)Nc2sc3c(c2C#N)CCC3)C1. The van der Waals surface area contributed by atoms with Crippen LogP contribution in [0.2, 0.25) is 0 Å². The van der Waals surface area contributed by atoms with Gasteiger partial charge in [0.2, 0.25) is 11.8 Å². The number of anilines is 1. The quantitative estimate of drug-likeness (QED) is 0.483. The third kappa shape index (κ3) is 7.43. The molecule has 1 aromatic rings. The molecule has 186 valence electrons. The van der Waals surface area contributed by atoms with E-state index < -0.39 is 11.7 Å². The first kappa shape index (κ1) is 26.0. The number of alkyl carbamates (subject to hydrolysis) is 1. The number of nitrogens with zero attached hydrogens (tertiary/aromatic N) is 2. The normalized spacial score (nSPS) is 18.0. The monoisotopic (exact) mass is 489 g/mol. The number of carbonyl (C=O) groups is 3. The fourth-order valence-electron chi connectivity index (χ4n) is 4.34. The molecule has 2 heterocycles. The highest BCUT2D eigenvalue weighted by Crippen LogP contribution is 2.38. The smallest absolute Gasteiger partial charge is 0.407 e. The molecule has 1 aliphatic carbocycles. The molecule has 0 bridgehead atoms. The predicted octanol–water partition coefficient (Wildman–Crippen LogP) is 2.79. The Hall–Kier alpha value is -2.64. The van der Waals surface area contributed by atoms with Gasteiger partial charge in [0.1, 0.15) is 16.7 Å². The summed E-state index contributed by atoms with van der Waals surface area (Å²) in [6.07, 6.45) is 4.50. The van der Waals surface area contributed by atoms with Crippen molar-refractivity contribution in [3.63, 3.8) is 0 Å². The van der Waals surface area contributed by atoms with Crippen molar-refractivity contribution in [3.8, 4) is 6.07 Å². The molecular formula is C24H35N5O4S. The van der Waals surface area contributed by atoms with Crippen molar-refractivity contribution in [2.24, 2.45) is 5.92 Å². The lowest BCUT2D eigenvalue weighted by Gasteiger charge is -2.31. The van der Waals surface area contributed by atoms with Gasteiger partial charge in [-0.25, -0.2) is 4.79 Å². The topological polar surface area (TPSA) is 124 Å². The van der Waals surface area contributed by atoms with Gasteiger partial charge in [-0.15, -0.1) is 11.3 Å². The highest BCUT2D eigenvalue weighted by molar-refractivity contribution is 7.16. The van der Waals surface area contributed by atoms with Gasteiger partial charge in [0.25, 0.3) is 0 Å². The molecule has 3 N–H and O–H groups in total. The van der Waals surface area contributed by atoms with Gasteiger partial charge in [0.15, 0.2) is 0 Å². The van der Waals surface area contributed by atoms with Crippen LogP contribution in [0.1, 0.15) is 62.5 Å². The first-order valence-electron chi connectivity index (χ1n) is 12.0. The first-order valence-corrected chi connectivity index (χ1v) is 12.8. The number of nitriles is 1. The number of aryl methyl sites for hydroxylation is 1. The van der Waals surface area contributed by atoms with Crippen molar-refractivity contribution in [1.29, 1.82) is 5.26 Å². The second kappa shape index (κ2) is 11.7. The number of hydrogen-bond donors (Lipinski definition) is 3. The van der Waals surface area contributed by atoms with E-state index in [9.17, 15) is 19.6 Å². The fourth-order valence-corrected chi connectivity index (χ4v) is 5.60. The number of likely N-dealkylation sites (tertiary alicyclic amines) is 1. The van der Waals surface area contributed by atoms with Crippen molar-refractivity contribution in [1.82, 2.24) is 15.5 Å². The van der Waals surface area contributed by atoms with E-state index in [4.69, 9.17) is 4.74 Å². The summed E-state index contributed by atoms with van der Waals surface area (Å²) in [5.41, 5.74) is 1.17. The Kier molecular flexibility index (Phi) is 8.91. The molecule has 1 aliphatic heterocycles. The van der Waals surface area contributed by atoms with E-state index in [1.807, 2.05) is 0 Å². The Morgan fingerprint density at radius 2 is 1.94 bits per heavy atom. The lowest BCUT2D eigenvalue weighted by molar-refractivity contribution is -0.126. The minimum atomic E-state index is -0.558. The van der Waals surface area contributed by atoms with Crippen LogP contribution < -0.4 is 16.0 Å². The molecule has 1 unspecified atom stereocenters. The average molecular weight is 490 g/mol. The van der Waals surface area contributed by atoms with E-state index in [1.165, 1.54) is 16.2 Å². The van der Waals surface area contributed by atoms with E-state index in [0.29, 0.717) is 43.2 Å². The van der Waals surface area contributed by atoms with Crippen molar-refractivity contribution >= 4 is 34.2 Å². The molecule has 2 aliphatic rings. The molecule has 1 aromatic heterocycles. The molecule has 1 fully saturated rings. The Labute approximate surface area is 205 Å². The fraction of sp³-hybridized carbons (Fsp3) is 0.667. The molecule has 0 spiro atoms. The van der Waals surface area contributed by atoms with Gasteiger partial charge in [-0.2, -0.15) is 5.26 Å². The van der Waals surface area contributed by atoms with Crippen LogP contribution in [0.5, 0.6) is 0 Å². The van der Waals surface area contributed by atoms with E-state index in [1.54, 1.807) is 20.8 Å². The number of hydrogen-bond acceptors (Lipinski definition) is 7. The second-order valence-electron chi connectivity index (χ2n) is 9.83. The van der Waals surface area contributed by atoms with E-state index in [0.717, 1.165) is 44.2 Å². The van der Waals surface area contributed by atoms with Gasteiger partial charge in [-0.3, -0.25) is 9.59 Å². The maximum absolute atomic E-state index is 12.5. The summed E-state index contributed by atoms with van der Waals surface area (Å²) >= 11 is 1.53. The summed E-state index contributed by atoms with van der Waals surface area (Å²) < 4.78 is 5.17. The van der Waals surface area contributed by atoms with Crippen LogP contribution in [-0.4, -0.2) is 61.1 Å². The second-order valence-corrected chi connectivity index (χ2v) is 10.9. The number of carbonyl (C=O) groups excluding carboxylic acids is 3. The maximum Gasteiger partial charge on any atom is 0.407 e. The zero-order valence-electron chi connectivity index (χ0n) is 20.3. The van der Waals surface area contributed by atoms with Crippen LogP contribution in [0.25, 0.3) is 0 Å². The number of ether oxygens (including phenoxy) is 1. The first-order chi connectivity index (χ1) is 16.2. The zero-order chi connectivity index (χ0) is 24.7. The van der Waals surface area contributed by atoms with Crippen molar-refractivity contribution in [3.05, 3.63) is 16.0 Å². The molecule has 3 rings (SSSR count). The number of fused-ring (bicyclic) bond motifs is 1. The Balaban J connectivity index is 1.37. The average Bonchev–Trinajstić information content (AvgIpc) is 3.35. The third-order valence-corrected chi connectivity index (χ3v) is 7.12. The maximum atomic E-state index is 12.5. The van der Waals surface area contributed by atoms with Crippen molar-refractivity contribution < 1.29 is 19.1 Å². The summed E-state index contributed by atoms with van der Waals surface area (Å²) in [5, 5.41) is 18.6. The Morgan fingerprint density at radius 3 is 2.68 bits per heavy atom. The number of thiophene rings is 1. The van der Waals surface area contributed by atoms with E-state index in [2.05, 4.69) is 26.9 Å². The summed E-state index contributed by atoms with van der Waals surface area (Å²) in [4.78, 5) is 40.1. The van der Waals surface area contributed by atoms with Gasteiger partial charge in [0.05, 0.1) is 11.5 Å². The van der Waals surface area contributed by atoms with Gasteiger partial charge >= 0.3 is 6.09 Å². The highest BCUT2D eigenvalue weighted by Gasteiger charge is 2.27. The van der Waals surface area contributed by atoms with Crippen LogP contribution >= 0.6 is 11.3 Å². The van der Waals surface area contributed by atoms with Gasteiger partial charge in [0, 0.05) is 37.5 Å². The summed E-state index contributed by atoms with van der Waals surface area (Å²) in [6, 6.07) is 2.25. The minimum Gasteiger partial charge on any atom is -0.444 e. The number of nitrogens with one attached hydrogen (secondary N) is 3. The highest BCUT2D eigenvalue weighted by atomic mass is 32.1. The molecule has 0 aromatic carbocycles. The number of piperidine rings is 1. The molecule has 9 nitrogen and oxygen atoms in total. The Bertz CT molecular complexity index is 946. The molecule has 0 saturated carbocycles. The summed E-state index contributed by atoms with van der Waals surface area (Å²) in [5.74, 6) is -0.271. The van der Waals surface area contributed by atoms with Gasteiger partial charge in [-0.1, -0.05) is 0 Å². The van der Waals surface area contributed by atoms with Gasteiger partial charge in [-0.05, 0) is 65.0 Å². The standard InChI is InChI=1S/C24H35N5O4S/c1-24(2,3)33-23(32)27-11-10-26-21(31)16-6-5-12-29(15-16)13-9-20(30)28-22-18(14-25)17-7-4-8-19(17)34-22/h16H,4-13,15H2,1-3H3,(H,26,31)(H,27,32)(H,28,30). The molecule has 10 heteroatoms. The molecular weight excluding hydrogens is 454 g/mol. The third-order valence-electron chi connectivity index (χ3n) is 5.91. The summed E-state index contributed by atoms with van der Waals surface area (Å²) in [6.45, 7) is 8.06. The van der Waals surface area contributed by atoms with Crippen LogP contribution in [0.15, 0.2) is 0 Å². The van der Waals surface area contributed by atoms with Crippen LogP contribution in [0, 0.1) is 17.2 Å². The van der Waals surface area contributed by atoms with Crippen molar-refractivity contribution in [2.75, 3.05) is 38.0 Å². The lowest BCUT2D eigenvalue weighted by Crippen LogP contribution is -2.45. The molecule has 1 saturated heterocycles. The molecule has 0 radical (unpaired) electrons. The van der Waals surface area contributed by atoms with Crippen LogP contribution in [0.4, 0.5) is 9.80 Å². The lowest BCUT2D eigenvalue weighted by atomic mass is 9.97. The number of amides is 3. The molecule has 1 atom stereocenters.